The predicted molar refractivity (Wildman–Crippen MR) is 41.6 cm³/mol. The zero-order valence-electron chi connectivity index (χ0n) is 6.55. The molecule has 0 fully saturated rings. The Morgan fingerprint density at radius 2 is 2.11 bits per heavy atom. The highest BCUT2D eigenvalue weighted by atomic mass is 15.1. The smallest absolute Gasteiger partial charge is 0.0885 e. The van der Waals surface area contributed by atoms with Crippen LogP contribution in [0.5, 0.6) is 0 Å². The van der Waals surface area contributed by atoms with Crippen molar-refractivity contribution in [3.05, 3.63) is 11.8 Å². The van der Waals surface area contributed by atoms with Gasteiger partial charge in [-0.25, -0.2) is 0 Å². The van der Waals surface area contributed by atoms with Gasteiger partial charge in [0, 0.05) is 19.8 Å². The summed E-state index contributed by atoms with van der Waals surface area (Å²) < 4.78 is 0. The molecule has 0 amide bonds. The molecule has 52 valence electrons. The Kier molecular flexibility index (Phi) is 3.76. The number of hydrogen-bond acceptors (Lipinski definition) is 1. The number of aliphatic imine (C=N–C) groups is 1. The molecule has 0 aromatic rings. The molecule has 0 N–H and O–H groups in total. The van der Waals surface area contributed by atoms with Crippen molar-refractivity contribution in [3.63, 3.8) is 0 Å². The van der Waals surface area contributed by atoms with Crippen LogP contribution in [0.2, 0.25) is 0 Å². The van der Waals surface area contributed by atoms with Crippen LogP contribution in [0.15, 0.2) is 16.8 Å². The van der Waals surface area contributed by atoms with Crippen molar-refractivity contribution >= 4 is 6.34 Å². The third-order valence-corrected chi connectivity index (χ3v) is 1.26. The molecule has 9 heavy (non-hydrogen) atoms. The normalized spacial score (nSPS) is 12.7. The summed E-state index contributed by atoms with van der Waals surface area (Å²) in [5.74, 6) is 0. The second kappa shape index (κ2) is 4.13. The summed E-state index contributed by atoms with van der Waals surface area (Å²) in [5, 5.41) is 0. The Labute approximate surface area is 56.9 Å². The lowest BCUT2D eigenvalue weighted by molar-refractivity contribution is 0.643. The molecule has 0 aromatic carbocycles. The molecule has 0 saturated heterocycles. The average Bonchev–Trinajstić information content (AvgIpc) is 1.87. The van der Waals surface area contributed by atoms with Gasteiger partial charge >= 0.3 is 0 Å². The lowest BCUT2D eigenvalue weighted by atomic mass is 10.4. The van der Waals surface area contributed by atoms with E-state index in [-0.39, 0.29) is 0 Å². The zero-order chi connectivity index (χ0) is 7.28. The van der Waals surface area contributed by atoms with Crippen molar-refractivity contribution < 1.29 is 0 Å². The Hall–Kier alpha value is -0.790. The van der Waals surface area contributed by atoms with E-state index in [9.17, 15) is 0 Å². The minimum atomic E-state index is 1.21. The topological polar surface area (TPSA) is 15.6 Å². The lowest BCUT2D eigenvalue weighted by Crippen LogP contribution is -2.12. The molecule has 0 rings (SSSR count). The molecule has 0 spiro atoms. The van der Waals surface area contributed by atoms with Gasteiger partial charge in [0.25, 0.3) is 0 Å². The third kappa shape index (κ3) is 2.90. The van der Waals surface area contributed by atoms with Gasteiger partial charge in [-0.1, -0.05) is 6.08 Å². The van der Waals surface area contributed by atoms with Crippen LogP contribution >= 0.6 is 0 Å². The maximum absolute atomic E-state index is 3.86. The molecule has 0 atom stereocenters. The third-order valence-electron chi connectivity index (χ3n) is 1.26. The van der Waals surface area contributed by atoms with E-state index in [1.54, 1.807) is 13.4 Å². The Balaban J connectivity index is 3.88. The maximum Gasteiger partial charge on any atom is 0.0885 e. The predicted octanol–water partition coefficient (Wildman–Crippen LogP) is 1.50. The molecule has 0 saturated carbocycles. The molecular weight excluding hydrogens is 112 g/mol. The number of rotatable bonds is 2. The van der Waals surface area contributed by atoms with Crippen molar-refractivity contribution in [1.29, 1.82) is 0 Å². The SMILES string of the molecule is C/C=C(/C)N(C)/C=N/C. The fourth-order valence-electron chi connectivity index (χ4n) is 0.468. The van der Waals surface area contributed by atoms with E-state index in [0.717, 1.165) is 0 Å². The quantitative estimate of drug-likeness (QED) is 0.404. The van der Waals surface area contributed by atoms with E-state index in [0.29, 0.717) is 0 Å². The van der Waals surface area contributed by atoms with Crippen LogP contribution in [0.1, 0.15) is 13.8 Å². The Morgan fingerprint density at radius 3 is 2.44 bits per heavy atom. The van der Waals surface area contributed by atoms with Gasteiger partial charge in [-0.15, -0.1) is 0 Å². The van der Waals surface area contributed by atoms with E-state index in [4.69, 9.17) is 0 Å². The second-order valence-corrected chi connectivity index (χ2v) is 1.91. The van der Waals surface area contributed by atoms with Gasteiger partial charge < -0.3 is 4.90 Å². The second-order valence-electron chi connectivity index (χ2n) is 1.91. The number of allylic oxidation sites excluding steroid dienone is 2. The summed E-state index contributed by atoms with van der Waals surface area (Å²) in [5.41, 5.74) is 1.21. The molecule has 0 radical (unpaired) electrons. The van der Waals surface area contributed by atoms with Crippen molar-refractivity contribution in [1.82, 2.24) is 4.90 Å². The van der Waals surface area contributed by atoms with Crippen molar-refractivity contribution in [2.75, 3.05) is 14.1 Å². The van der Waals surface area contributed by atoms with Gasteiger partial charge in [-0.2, -0.15) is 0 Å². The van der Waals surface area contributed by atoms with E-state index < -0.39 is 0 Å². The summed E-state index contributed by atoms with van der Waals surface area (Å²) >= 11 is 0. The van der Waals surface area contributed by atoms with Crippen LogP contribution in [0, 0.1) is 0 Å². The van der Waals surface area contributed by atoms with E-state index >= 15 is 0 Å². The van der Waals surface area contributed by atoms with Crippen LogP contribution < -0.4 is 0 Å². The van der Waals surface area contributed by atoms with Crippen LogP contribution in [-0.2, 0) is 0 Å². The van der Waals surface area contributed by atoms with Crippen molar-refractivity contribution in [2.24, 2.45) is 4.99 Å². The first-order valence-electron chi connectivity index (χ1n) is 3.00. The van der Waals surface area contributed by atoms with Crippen LogP contribution in [0.25, 0.3) is 0 Å². The van der Waals surface area contributed by atoms with Gasteiger partial charge in [-0.3, -0.25) is 4.99 Å². The van der Waals surface area contributed by atoms with E-state index in [1.807, 2.05) is 31.9 Å². The van der Waals surface area contributed by atoms with Gasteiger partial charge in [-0.05, 0) is 13.8 Å². The first-order valence-corrected chi connectivity index (χ1v) is 3.00. The largest absolute Gasteiger partial charge is 0.340 e. The standard InChI is InChI=1S/C7H14N2/c1-5-7(2)9(4)6-8-3/h5-6H,1-4H3/b7-5-,8-6+. The van der Waals surface area contributed by atoms with E-state index in [2.05, 4.69) is 4.99 Å². The highest BCUT2D eigenvalue weighted by Gasteiger charge is 1.88. The number of nitrogens with zero attached hydrogens (tertiary/aromatic N) is 2. The molecular formula is C7H14N2. The molecule has 2 nitrogen and oxygen atoms in total. The van der Waals surface area contributed by atoms with Gasteiger partial charge in [0.05, 0.1) is 6.34 Å². The van der Waals surface area contributed by atoms with Gasteiger partial charge in [0.1, 0.15) is 0 Å². The summed E-state index contributed by atoms with van der Waals surface area (Å²) in [6.07, 6.45) is 3.83. The van der Waals surface area contributed by atoms with Crippen molar-refractivity contribution in [2.45, 2.75) is 13.8 Å². The van der Waals surface area contributed by atoms with E-state index in [1.165, 1.54) is 5.70 Å². The minimum absolute atomic E-state index is 1.21. The van der Waals surface area contributed by atoms with Crippen LogP contribution in [-0.4, -0.2) is 25.3 Å². The molecule has 0 bridgehead atoms. The van der Waals surface area contributed by atoms with Gasteiger partial charge in [0.2, 0.25) is 0 Å². The van der Waals surface area contributed by atoms with Crippen LogP contribution in [0.3, 0.4) is 0 Å². The fraction of sp³-hybridized carbons (Fsp3) is 0.571. The molecule has 0 aromatic heterocycles. The molecule has 0 aliphatic heterocycles. The lowest BCUT2D eigenvalue weighted by Gasteiger charge is -2.11. The number of hydrogen-bond donors (Lipinski definition) is 0. The van der Waals surface area contributed by atoms with Crippen LogP contribution in [0.4, 0.5) is 0 Å². The Morgan fingerprint density at radius 1 is 1.56 bits per heavy atom. The molecule has 0 unspecified atom stereocenters. The summed E-state index contributed by atoms with van der Waals surface area (Å²) in [6, 6.07) is 0. The van der Waals surface area contributed by atoms with Crippen molar-refractivity contribution in [3.8, 4) is 0 Å². The monoisotopic (exact) mass is 126 g/mol. The first-order chi connectivity index (χ1) is 4.22. The minimum Gasteiger partial charge on any atom is -0.340 e. The van der Waals surface area contributed by atoms with Gasteiger partial charge in [0.15, 0.2) is 0 Å². The fourth-order valence-corrected chi connectivity index (χ4v) is 0.468. The highest BCUT2D eigenvalue weighted by Crippen LogP contribution is 1.94. The molecule has 0 aliphatic rings. The molecule has 0 heterocycles. The molecule has 2 heteroatoms. The first kappa shape index (κ1) is 8.21. The maximum atomic E-state index is 3.86. The summed E-state index contributed by atoms with van der Waals surface area (Å²) in [4.78, 5) is 5.84. The molecule has 0 aliphatic carbocycles. The average molecular weight is 126 g/mol. The highest BCUT2D eigenvalue weighted by molar-refractivity contribution is 5.56. The zero-order valence-corrected chi connectivity index (χ0v) is 6.55. The summed E-state index contributed by atoms with van der Waals surface area (Å²) in [7, 11) is 3.74. The summed E-state index contributed by atoms with van der Waals surface area (Å²) in [6.45, 7) is 4.05. The Bertz CT molecular complexity index is 125.